The summed E-state index contributed by atoms with van der Waals surface area (Å²) >= 11 is 3.00. The average Bonchev–Trinajstić information content (AvgIpc) is 2.90. The Hall–Kier alpha value is -1.40. The van der Waals surface area contributed by atoms with E-state index in [0.29, 0.717) is 18.1 Å². The van der Waals surface area contributed by atoms with Crippen LogP contribution in [0.1, 0.15) is 11.3 Å². The van der Waals surface area contributed by atoms with E-state index in [0.717, 1.165) is 11.3 Å². The number of hydrogen-bond acceptors (Lipinski definition) is 5. The van der Waals surface area contributed by atoms with Gasteiger partial charge in [0.25, 0.3) is 0 Å². The Bertz CT molecular complexity index is 493. The number of nitrogen functional groups attached to an aromatic ring is 1. The summed E-state index contributed by atoms with van der Waals surface area (Å²) in [6, 6.07) is 2.02. The Morgan fingerprint density at radius 2 is 2.35 bits per heavy atom. The molecule has 2 N–H and O–H groups in total. The number of likely N-dealkylation sites (N-methyl/N-ethyl adjacent to an activating group) is 1. The van der Waals surface area contributed by atoms with Gasteiger partial charge in [0.1, 0.15) is 0 Å². The number of nitrogens with two attached hydrogens (primary N) is 1. The van der Waals surface area contributed by atoms with Gasteiger partial charge in [-0.1, -0.05) is 0 Å². The highest BCUT2D eigenvalue weighted by Crippen LogP contribution is 2.13. The van der Waals surface area contributed by atoms with E-state index < -0.39 is 0 Å². The quantitative estimate of drug-likeness (QED) is 0.921. The van der Waals surface area contributed by atoms with Crippen LogP contribution in [0.25, 0.3) is 0 Å². The van der Waals surface area contributed by atoms with Crippen LogP contribution in [0.15, 0.2) is 22.2 Å². The van der Waals surface area contributed by atoms with Crippen molar-refractivity contribution < 1.29 is 4.79 Å². The highest BCUT2D eigenvalue weighted by atomic mass is 32.1. The number of amides is 1. The second kappa shape index (κ2) is 5.29. The van der Waals surface area contributed by atoms with E-state index in [1.54, 1.807) is 23.3 Å². The molecule has 2 aromatic heterocycles. The molecule has 0 aliphatic heterocycles. The van der Waals surface area contributed by atoms with Crippen LogP contribution in [0.5, 0.6) is 0 Å². The summed E-state index contributed by atoms with van der Waals surface area (Å²) in [6.07, 6.45) is 0.314. The largest absolute Gasteiger partial charge is 0.375 e. The van der Waals surface area contributed by atoms with E-state index in [4.69, 9.17) is 5.73 Å². The summed E-state index contributed by atoms with van der Waals surface area (Å²) in [6.45, 7) is 0.641. The maximum absolute atomic E-state index is 11.9. The molecule has 0 saturated heterocycles. The van der Waals surface area contributed by atoms with Crippen molar-refractivity contribution in [1.29, 1.82) is 0 Å². The standard InChI is InChI=1S/C11H13N3OS2/c1-14(5-8-2-3-16-6-8)10(15)4-9-7-17-11(12)13-9/h2-3,6-7H,4-5H2,1H3,(H2,12,13). The molecule has 90 valence electrons. The normalized spacial score (nSPS) is 10.4. The van der Waals surface area contributed by atoms with Gasteiger partial charge in [0.2, 0.25) is 5.91 Å². The summed E-state index contributed by atoms with van der Waals surface area (Å²) in [5, 5.41) is 6.39. The molecule has 2 aromatic rings. The number of hydrogen-bond donors (Lipinski definition) is 1. The summed E-state index contributed by atoms with van der Waals surface area (Å²) < 4.78 is 0. The topological polar surface area (TPSA) is 59.2 Å². The van der Waals surface area contributed by atoms with E-state index in [-0.39, 0.29) is 5.91 Å². The SMILES string of the molecule is CN(Cc1ccsc1)C(=O)Cc1csc(N)n1. The fourth-order valence-corrected chi connectivity index (χ4v) is 2.66. The summed E-state index contributed by atoms with van der Waals surface area (Å²) in [5.41, 5.74) is 7.43. The molecule has 0 fully saturated rings. The lowest BCUT2D eigenvalue weighted by molar-refractivity contribution is -0.129. The summed E-state index contributed by atoms with van der Waals surface area (Å²) in [7, 11) is 1.80. The Morgan fingerprint density at radius 3 is 2.94 bits per heavy atom. The number of rotatable bonds is 4. The van der Waals surface area contributed by atoms with Crippen LogP contribution < -0.4 is 5.73 Å². The van der Waals surface area contributed by atoms with Crippen molar-refractivity contribution in [3.8, 4) is 0 Å². The lowest BCUT2D eigenvalue weighted by atomic mass is 10.2. The van der Waals surface area contributed by atoms with Gasteiger partial charge in [-0.15, -0.1) is 11.3 Å². The van der Waals surface area contributed by atoms with Crippen molar-refractivity contribution in [1.82, 2.24) is 9.88 Å². The monoisotopic (exact) mass is 267 g/mol. The third-order valence-electron chi connectivity index (χ3n) is 2.33. The van der Waals surface area contributed by atoms with Crippen LogP contribution in [0, 0.1) is 0 Å². The minimum absolute atomic E-state index is 0.0569. The average molecular weight is 267 g/mol. The van der Waals surface area contributed by atoms with Gasteiger partial charge in [0.05, 0.1) is 12.1 Å². The number of thiophene rings is 1. The first-order valence-corrected chi connectivity index (χ1v) is 6.92. The second-order valence-electron chi connectivity index (χ2n) is 3.74. The van der Waals surface area contributed by atoms with Crippen LogP contribution >= 0.6 is 22.7 Å². The van der Waals surface area contributed by atoms with Gasteiger partial charge >= 0.3 is 0 Å². The molecule has 0 aliphatic carbocycles. The zero-order valence-corrected chi connectivity index (χ0v) is 11.1. The molecule has 0 atom stereocenters. The molecule has 2 heterocycles. The molecule has 2 rings (SSSR count). The maximum Gasteiger partial charge on any atom is 0.228 e. The molecule has 0 bridgehead atoms. The van der Waals surface area contributed by atoms with Gasteiger partial charge in [-0.3, -0.25) is 4.79 Å². The van der Waals surface area contributed by atoms with Gasteiger partial charge in [0.15, 0.2) is 5.13 Å². The van der Waals surface area contributed by atoms with Crippen LogP contribution in [0.3, 0.4) is 0 Å². The Kier molecular flexibility index (Phi) is 3.75. The number of carbonyl (C=O) groups excluding carboxylic acids is 1. The molecule has 0 aromatic carbocycles. The molecule has 0 unspecified atom stereocenters. The van der Waals surface area contributed by atoms with Crippen LogP contribution in [-0.4, -0.2) is 22.8 Å². The molecule has 17 heavy (non-hydrogen) atoms. The van der Waals surface area contributed by atoms with Gasteiger partial charge in [-0.05, 0) is 22.4 Å². The first kappa shape index (κ1) is 12.1. The van der Waals surface area contributed by atoms with E-state index in [1.807, 2.05) is 22.2 Å². The van der Waals surface area contributed by atoms with Gasteiger partial charge in [-0.2, -0.15) is 11.3 Å². The van der Waals surface area contributed by atoms with Crippen molar-refractivity contribution in [3.05, 3.63) is 33.5 Å². The van der Waals surface area contributed by atoms with Crippen LogP contribution in [0.4, 0.5) is 5.13 Å². The van der Waals surface area contributed by atoms with Crippen LogP contribution in [0.2, 0.25) is 0 Å². The third kappa shape index (κ3) is 3.28. The van der Waals surface area contributed by atoms with Gasteiger partial charge < -0.3 is 10.6 Å². The number of anilines is 1. The number of carbonyl (C=O) groups is 1. The van der Waals surface area contributed by atoms with Crippen molar-refractivity contribution in [2.24, 2.45) is 0 Å². The first-order valence-electron chi connectivity index (χ1n) is 5.10. The van der Waals surface area contributed by atoms with Crippen molar-refractivity contribution in [2.45, 2.75) is 13.0 Å². The van der Waals surface area contributed by atoms with Gasteiger partial charge in [-0.25, -0.2) is 4.98 Å². The summed E-state index contributed by atoms with van der Waals surface area (Å²) in [4.78, 5) is 17.7. The second-order valence-corrected chi connectivity index (χ2v) is 5.40. The molecular weight excluding hydrogens is 254 g/mol. The fraction of sp³-hybridized carbons (Fsp3) is 0.273. The number of thiazole rings is 1. The summed E-state index contributed by atoms with van der Waals surface area (Å²) in [5.74, 6) is 0.0569. The van der Waals surface area contributed by atoms with Crippen LogP contribution in [-0.2, 0) is 17.8 Å². The Morgan fingerprint density at radius 1 is 1.53 bits per heavy atom. The number of nitrogens with zero attached hydrogens (tertiary/aromatic N) is 2. The molecule has 0 spiro atoms. The van der Waals surface area contributed by atoms with E-state index in [2.05, 4.69) is 4.98 Å². The fourth-order valence-electron chi connectivity index (χ4n) is 1.44. The Balaban J connectivity index is 1.91. The smallest absolute Gasteiger partial charge is 0.228 e. The molecule has 6 heteroatoms. The molecule has 0 aliphatic rings. The van der Waals surface area contributed by atoms with E-state index in [9.17, 15) is 4.79 Å². The highest BCUT2D eigenvalue weighted by molar-refractivity contribution is 7.13. The minimum Gasteiger partial charge on any atom is -0.375 e. The molecule has 1 amide bonds. The predicted molar refractivity (Wildman–Crippen MR) is 71.0 cm³/mol. The van der Waals surface area contributed by atoms with E-state index >= 15 is 0 Å². The van der Waals surface area contributed by atoms with Crippen molar-refractivity contribution in [2.75, 3.05) is 12.8 Å². The zero-order valence-electron chi connectivity index (χ0n) is 9.42. The molecule has 0 radical (unpaired) electrons. The molecule has 0 saturated carbocycles. The van der Waals surface area contributed by atoms with Crippen molar-refractivity contribution >= 4 is 33.7 Å². The zero-order chi connectivity index (χ0) is 12.3. The molecule has 4 nitrogen and oxygen atoms in total. The van der Waals surface area contributed by atoms with Gasteiger partial charge in [0, 0.05) is 19.0 Å². The number of aromatic nitrogens is 1. The predicted octanol–water partition coefficient (Wildman–Crippen LogP) is 1.99. The molecular formula is C11H13N3OS2. The lowest BCUT2D eigenvalue weighted by Gasteiger charge is -2.15. The maximum atomic E-state index is 11.9. The lowest BCUT2D eigenvalue weighted by Crippen LogP contribution is -2.27. The first-order chi connectivity index (χ1) is 8.15. The van der Waals surface area contributed by atoms with E-state index in [1.165, 1.54) is 11.3 Å². The minimum atomic E-state index is 0.0569. The highest BCUT2D eigenvalue weighted by Gasteiger charge is 2.12. The third-order valence-corrected chi connectivity index (χ3v) is 3.78. The Labute approximate surface area is 108 Å². The van der Waals surface area contributed by atoms with Crippen molar-refractivity contribution in [3.63, 3.8) is 0 Å².